The van der Waals surface area contributed by atoms with E-state index < -0.39 is 11.9 Å². The second-order valence-electron chi connectivity index (χ2n) is 5.10. The Kier molecular flexibility index (Phi) is 4.26. The number of amides is 2. The van der Waals surface area contributed by atoms with Gasteiger partial charge in [-0.05, 0) is 11.8 Å². The van der Waals surface area contributed by atoms with Crippen molar-refractivity contribution >= 4 is 17.8 Å². The Morgan fingerprint density at radius 3 is 2.18 bits per heavy atom. The minimum Gasteiger partial charge on any atom is -0.481 e. The first-order chi connectivity index (χ1) is 7.82. The zero-order valence-electron chi connectivity index (χ0n) is 10.5. The second-order valence-corrected chi connectivity index (χ2v) is 5.10. The summed E-state index contributed by atoms with van der Waals surface area (Å²) < 4.78 is 0. The minimum atomic E-state index is -0.959. The highest BCUT2D eigenvalue weighted by Crippen LogP contribution is 2.22. The predicted molar refractivity (Wildman–Crippen MR) is 61.1 cm³/mol. The molecule has 1 fully saturated rings. The SMILES string of the molecule is CC1CC(=O)N(CC(C(=O)O)C(C)C)C(=O)C1. The zero-order chi connectivity index (χ0) is 13.2. The summed E-state index contributed by atoms with van der Waals surface area (Å²) in [5.41, 5.74) is 0. The summed E-state index contributed by atoms with van der Waals surface area (Å²) in [5.74, 6) is -2.18. The van der Waals surface area contributed by atoms with Crippen LogP contribution in [0.2, 0.25) is 0 Å². The molecule has 17 heavy (non-hydrogen) atoms. The highest BCUT2D eigenvalue weighted by Gasteiger charge is 2.34. The van der Waals surface area contributed by atoms with Crippen molar-refractivity contribution in [3.05, 3.63) is 0 Å². The lowest BCUT2D eigenvalue weighted by atomic mass is 9.92. The smallest absolute Gasteiger partial charge is 0.308 e. The topological polar surface area (TPSA) is 74.7 Å². The van der Waals surface area contributed by atoms with Crippen LogP contribution in [0.5, 0.6) is 0 Å². The van der Waals surface area contributed by atoms with E-state index in [1.165, 1.54) is 0 Å². The summed E-state index contributed by atoms with van der Waals surface area (Å²) in [6.07, 6.45) is 0.659. The van der Waals surface area contributed by atoms with Crippen LogP contribution in [0.1, 0.15) is 33.6 Å². The molecule has 1 N–H and O–H groups in total. The van der Waals surface area contributed by atoms with Crippen molar-refractivity contribution in [3.63, 3.8) is 0 Å². The molecule has 96 valence electrons. The number of imide groups is 1. The molecule has 1 aliphatic rings. The van der Waals surface area contributed by atoms with Gasteiger partial charge in [-0.2, -0.15) is 0 Å². The number of hydrogen-bond donors (Lipinski definition) is 1. The fourth-order valence-electron chi connectivity index (χ4n) is 2.00. The lowest BCUT2D eigenvalue weighted by Gasteiger charge is -2.31. The number of carboxylic acid groups (broad SMARTS) is 1. The van der Waals surface area contributed by atoms with Crippen LogP contribution >= 0.6 is 0 Å². The van der Waals surface area contributed by atoms with Crippen molar-refractivity contribution in [1.29, 1.82) is 0 Å². The van der Waals surface area contributed by atoms with Crippen molar-refractivity contribution in [2.24, 2.45) is 17.8 Å². The molecule has 0 radical (unpaired) electrons. The van der Waals surface area contributed by atoms with Crippen LogP contribution in [0.3, 0.4) is 0 Å². The molecule has 1 aliphatic heterocycles. The van der Waals surface area contributed by atoms with Crippen LogP contribution in [0.25, 0.3) is 0 Å². The third-order valence-electron chi connectivity index (χ3n) is 3.15. The Morgan fingerprint density at radius 1 is 1.35 bits per heavy atom. The van der Waals surface area contributed by atoms with Gasteiger partial charge in [-0.3, -0.25) is 19.3 Å². The van der Waals surface area contributed by atoms with Crippen LogP contribution in [-0.2, 0) is 14.4 Å². The molecule has 5 heteroatoms. The van der Waals surface area contributed by atoms with Gasteiger partial charge in [0.1, 0.15) is 0 Å². The molecule has 0 bridgehead atoms. The first-order valence-electron chi connectivity index (χ1n) is 5.89. The summed E-state index contributed by atoms with van der Waals surface area (Å²) in [6, 6.07) is 0. The van der Waals surface area contributed by atoms with Crippen molar-refractivity contribution in [1.82, 2.24) is 4.90 Å². The Morgan fingerprint density at radius 2 is 1.82 bits per heavy atom. The van der Waals surface area contributed by atoms with E-state index in [1.54, 1.807) is 13.8 Å². The Bertz CT molecular complexity index is 319. The molecular weight excluding hydrogens is 222 g/mol. The minimum absolute atomic E-state index is 0.00259. The summed E-state index contributed by atoms with van der Waals surface area (Å²) in [5, 5.41) is 9.05. The van der Waals surface area contributed by atoms with Gasteiger partial charge < -0.3 is 5.11 Å². The van der Waals surface area contributed by atoms with Gasteiger partial charge in [0.2, 0.25) is 11.8 Å². The fourth-order valence-corrected chi connectivity index (χ4v) is 2.00. The van der Waals surface area contributed by atoms with Gasteiger partial charge in [-0.1, -0.05) is 20.8 Å². The maximum absolute atomic E-state index is 11.7. The first kappa shape index (κ1) is 13.7. The number of rotatable bonds is 4. The summed E-state index contributed by atoms with van der Waals surface area (Å²) >= 11 is 0. The van der Waals surface area contributed by atoms with E-state index in [1.807, 2.05) is 6.92 Å². The van der Waals surface area contributed by atoms with Crippen LogP contribution < -0.4 is 0 Å². The fraction of sp³-hybridized carbons (Fsp3) is 0.750. The van der Waals surface area contributed by atoms with Crippen molar-refractivity contribution in [2.45, 2.75) is 33.6 Å². The van der Waals surface area contributed by atoms with Gasteiger partial charge in [-0.15, -0.1) is 0 Å². The van der Waals surface area contributed by atoms with E-state index >= 15 is 0 Å². The summed E-state index contributed by atoms with van der Waals surface area (Å²) in [4.78, 5) is 35.6. The lowest BCUT2D eigenvalue weighted by molar-refractivity contribution is -0.153. The van der Waals surface area contributed by atoms with Gasteiger partial charge >= 0.3 is 5.97 Å². The largest absolute Gasteiger partial charge is 0.481 e. The van der Waals surface area contributed by atoms with E-state index in [2.05, 4.69) is 0 Å². The van der Waals surface area contributed by atoms with Gasteiger partial charge in [-0.25, -0.2) is 0 Å². The lowest BCUT2D eigenvalue weighted by Crippen LogP contribution is -2.47. The van der Waals surface area contributed by atoms with Crippen molar-refractivity contribution < 1.29 is 19.5 Å². The molecule has 0 saturated carbocycles. The number of hydrogen-bond acceptors (Lipinski definition) is 3. The zero-order valence-corrected chi connectivity index (χ0v) is 10.5. The molecule has 1 heterocycles. The molecule has 5 nitrogen and oxygen atoms in total. The highest BCUT2D eigenvalue weighted by atomic mass is 16.4. The molecule has 2 amide bonds. The number of carbonyl (C=O) groups is 3. The van der Waals surface area contributed by atoms with Crippen molar-refractivity contribution in [2.75, 3.05) is 6.54 Å². The maximum atomic E-state index is 11.7. The number of nitrogens with zero attached hydrogens (tertiary/aromatic N) is 1. The Labute approximate surface area is 101 Å². The average Bonchev–Trinajstić information content (AvgIpc) is 2.14. The van der Waals surface area contributed by atoms with Gasteiger partial charge in [0, 0.05) is 19.4 Å². The van der Waals surface area contributed by atoms with Crippen LogP contribution in [0.4, 0.5) is 0 Å². The third kappa shape index (κ3) is 3.28. The van der Waals surface area contributed by atoms with Gasteiger partial charge in [0.25, 0.3) is 0 Å². The van der Waals surface area contributed by atoms with E-state index in [0.717, 1.165) is 4.90 Å². The molecule has 1 rings (SSSR count). The number of piperidine rings is 1. The predicted octanol–water partition coefficient (Wildman–Crippen LogP) is 1.13. The molecular formula is C12H19NO4. The third-order valence-corrected chi connectivity index (χ3v) is 3.15. The van der Waals surface area contributed by atoms with Crippen LogP contribution in [0, 0.1) is 17.8 Å². The van der Waals surface area contributed by atoms with Crippen molar-refractivity contribution in [3.8, 4) is 0 Å². The first-order valence-corrected chi connectivity index (χ1v) is 5.89. The van der Waals surface area contributed by atoms with Crippen LogP contribution in [-0.4, -0.2) is 34.3 Å². The normalized spacial score (nSPS) is 19.9. The van der Waals surface area contributed by atoms with E-state index in [4.69, 9.17) is 5.11 Å². The van der Waals surface area contributed by atoms with Crippen LogP contribution in [0.15, 0.2) is 0 Å². The van der Waals surface area contributed by atoms with E-state index in [-0.39, 0.29) is 30.2 Å². The molecule has 0 spiro atoms. The highest BCUT2D eigenvalue weighted by molar-refractivity contribution is 5.98. The Hall–Kier alpha value is -1.39. The number of carboxylic acids is 1. The average molecular weight is 241 g/mol. The second kappa shape index (κ2) is 5.29. The number of aliphatic carboxylic acids is 1. The molecule has 0 aromatic rings. The van der Waals surface area contributed by atoms with E-state index in [9.17, 15) is 14.4 Å². The standard InChI is InChI=1S/C12H19NO4/c1-7(2)9(12(16)17)6-13-10(14)4-8(3)5-11(13)15/h7-9H,4-6H2,1-3H3,(H,16,17). The summed E-state index contributed by atoms with van der Waals surface area (Å²) in [6.45, 7) is 5.41. The molecule has 0 aromatic heterocycles. The van der Waals surface area contributed by atoms with Gasteiger partial charge in [0.05, 0.1) is 5.92 Å². The van der Waals surface area contributed by atoms with E-state index in [0.29, 0.717) is 12.8 Å². The summed E-state index contributed by atoms with van der Waals surface area (Å²) in [7, 11) is 0. The molecule has 1 unspecified atom stereocenters. The molecule has 0 aliphatic carbocycles. The van der Waals surface area contributed by atoms with Gasteiger partial charge in [0.15, 0.2) is 0 Å². The molecule has 1 saturated heterocycles. The Balaban J connectivity index is 2.75. The quantitative estimate of drug-likeness (QED) is 0.749. The molecule has 0 aromatic carbocycles. The monoisotopic (exact) mass is 241 g/mol. The maximum Gasteiger partial charge on any atom is 0.308 e. The number of likely N-dealkylation sites (tertiary alicyclic amines) is 1. The molecule has 1 atom stereocenters. The number of carbonyl (C=O) groups excluding carboxylic acids is 2.